The molecule has 0 amide bonds. The molecule has 2 nitrogen and oxygen atoms in total. The second-order valence-electron chi connectivity index (χ2n) is 4.38. The van der Waals surface area contributed by atoms with Crippen LogP contribution in [-0.2, 0) is 0 Å². The highest BCUT2D eigenvalue weighted by Gasteiger charge is 2.38. The number of hydrogen-bond donors (Lipinski definition) is 1. The molecule has 1 aliphatic carbocycles. The van der Waals surface area contributed by atoms with E-state index < -0.39 is 0 Å². The molecule has 1 spiro atoms. The number of rotatable bonds is 1. The fourth-order valence-electron chi connectivity index (χ4n) is 2.71. The van der Waals surface area contributed by atoms with Crippen molar-refractivity contribution in [2.75, 3.05) is 20.1 Å². The van der Waals surface area contributed by atoms with E-state index in [9.17, 15) is 0 Å². The van der Waals surface area contributed by atoms with E-state index in [0.717, 1.165) is 19.5 Å². The van der Waals surface area contributed by atoms with Crippen LogP contribution in [0.15, 0.2) is 28.8 Å². The van der Waals surface area contributed by atoms with Gasteiger partial charge in [0, 0.05) is 12.5 Å². The fraction of sp³-hybridized carbons (Fsp3) is 0.615. The summed E-state index contributed by atoms with van der Waals surface area (Å²) in [5.74, 6) is 0. The van der Waals surface area contributed by atoms with E-state index in [1.165, 1.54) is 24.1 Å². The van der Waals surface area contributed by atoms with Gasteiger partial charge in [0.05, 0.1) is 5.71 Å². The quantitative estimate of drug-likeness (QED) is 0.696. The first-order chi connectivity index (χ1) is 7.32. The minimum Gasteiger partial charge on any atom is -0.317 e. The lowest BCUT2D eigenvalue weighted by molar-refractivity contribution is 0.372. The highest BCUT2D eigenvalue weighted by Crippen LogP contribution is 2.40. The average molecular weight is 204 g/mol. The number of nitrogens with one attached hydrogen (secondary N) is 1. The molecule has 82 valence electrons. The zero-order valence-electron chi connectivity index (χ0n) is 9.71. The van der Waals surface area contributed by atoms with E-state index in [0.29, 0.717) is 0 Å². The van der Waals surface area contributed by atoms with Gasteiger partial charge in [0.25, 0.3) is 0 Å². The van der Waals surface area contributed by atoms with E-state index in [1.807, 2.05) is 7.05 Å². The highest BCUT2D eigenvalue weighted by atomic mass is 14.9. The summed E-state index contributed by atoms with van der Waals surface area (Å²) in [6.45, 7) is 4.41. The fourth-order valence-corrected chi connectivity index (χ4v) is 2.71. The van der Waals surface area contributed by atoms with Crippen LogP contribution in [0.1, 0.15) is 26.2 Å². The van der Waals surface area contributed by atoms with Crippen molar-refractivity contribution in [2.24, 2.45) is 10.4 Å². The van der Waals surface area contributed by atoms with Crippen LogP contribution in [0.25, 0.3) is 0 Å². The van der Waals surface area contributed by atoms with Crippen LogP contribution in [0.5, 0.6) is 0 Å². The van der Waals surface area contributed by atoms with Gasteiger partial charge in [0.1, 0.15) is 0 Å². The lowest BCUT2D eigenvalue weighted by atomic mass is 9.76. The summed E-state index contributed by atoms with van der Waals surface area (Å²) in [5.41, 5.74) is 2.91. The molecule has 0 saturated carbocycles. The zero-order chi connectivity index (χ0) is 10.7. The number of hydrogen-bond acceptors (Lipinski definition) is 2. The van der Waals surface area contributed by atoms with E-state index >= 15 is 0 Å². The molecule has 2 aliphatic rings. The summed E-state index contributed by atoms with van der Waals surface area (Å²) in [6, 6.07) is 0. The Balaban J connectivity index is 2.29. The van der Waals surface area contributed by atoms with Crippen LogP contribution in [0.2, 0.25) is 0 Å². The Hall–Kier alpha value is -0.890. The van der Waals surface area contributed by atoms with Crippen molar-refractivity contribution in [3.05, 3.63) is 23.8 Å². The molecule has 0 aromatic carbocycles. The summed E-state index contributed by atoms with van der Waals surface area (Å²) < 4.78 is 0. The predicted molar refractivity (Wildman–Crippen MR) is 65.4 cm³/mol. The van der Waals surface area contributed by atoms with Gasteiger partial charge in [-0.1, -0.05) is 25.2 Å². The van der Waals surface area contributed by atoms with Gasteiger partial charge in [0.15, 0.2) is 0 Å². The Morgan fingerprint density at radius 3 is 2.80 bits per heavy atom. The second kappa shape index (κ2) is 4.31. The van der Waals surface area contributed by atoms with E-state index in [2.05, 4.69) is 35.5 Å². The third kappa shape index (κ3) is 1.78. The third-order valence-corrected chi connectivity index (χ3v) is 3.47. The maximum atomic E-state index is 4.52. The van der Waals surface area contributed by atoms with Crippen molar-refractivity contribution in [3.63, 3.8) is 0 Å². The number of piperidine rings is 1. The summed E-state index contributed by atoms with van der Waals surface area (Å²) in [4.78, 5) is 4.52. The zero-order valence-corrected chi connectivity index (χ0v) is 9.71. The molecule has 1 fully saturated rings. The van der Waals surface area contributed by atoms with Gasteiger partial charge in [-0.3, -0.25) is 4.99 Å². The first kappa shape index (κ1) is 10.6. The van der Waals surface area contributed by atoms with Crippen molar-refractivity contribution in [1.29, 1.82) is 0 Å². The van der Waals surface area contributed by atoms with Gasteiger partial charge in [-0.25, -0.2) is 0 Å². The Labute approximate surface area is 92.2 Å². The number of allylic oxidation sites excluding steroid dienone is 4. The molecular formula is C13H20N2. The van der Waals surface area contributed by atoms with Crippen LogP contribution in [0.3, 0.4) is 0 Å². The molecule has 0 aromatic rings. The number of nitrogens with zero attached hydrogens (tertiary/aromatic N) is 1. The summed E-state index contributed by atoms with van der Waals surface area (Å²) >= 11 is 0. The first-order valence-electron chi connectivity index (χ1n) is 5.90. The Bertz CT molecular complexity index is 317. The maximum absolute atomic E-state index is 4.52. The number of aliphatic imine (C=N–C) groups is 1. The molecule has 0 bridgehead atoms. The van der Waals surface area contributed by atoms with Gasteiger partial charge < -0.3 is 5.32 Å². The van der Waals surface area contributed by atoms with Crippen molar-refractivity contribution in [1.82, 2.24) is 5.32 Å². The molecule has 0 aromatic heterocycles. The Kier molecular flexibility index (Phi) is 3.06. The molecule has 1 saturated heterocycles. The Morgan fingerprint density at radius 2 is 2.20 bits per heavy atom. The predicted octanol–water partition coefficient (Wildman–Crippen LogP) is 2.33. The van der Waals surface area contributed by atoms with Crippen LogP contribution in [0.4, 0.5) is 0 Å². The lowest BCUT2D eigenvalue weighted by Crippen LogP contribution is -2.39. The van der Waals surface area contributed by atoms with Gasteiger partial charge in [0.2, 0.25) is 0 Å². The first-order valence-corrected chi connectivity index (χ1v) is 5.90. The lowest BCUT2D eigenvalue weighted by Gasteiger charge is -2.33. The molecule has 0 unspecified atom stereocenters. The molecule has 0 atom stereocenters. The summed E-state index contributed by atoms with van der Waals surface area (Å²) in [6.07, 6.45) is 10.4. The molecule has 2 rings (SSSR count). The standard InChI is InChI=1S/C13H20N2/c1-3-4-11-5-6-13(12(11)14-2)7-9-15-10-8-13/h4-6,15H,3,7-10H2,1-2H3/b11-4-,14-12?. The molecular weight excluding hydrogens is 184 g/mol. The summed E-state index contributed by atoms with van der Waals surface area (Å²) in [5, 5.41) is 3.42. The topological polar surface area (TPSA) is 24.4 Å². The molecule has 2 heteroatoms. The monoisotopic (exact) mass is 204 g/mol. The van der Waals surface area contributed by atoms with Gasteiger partial charge >= 0.3 is 0 Å². The van der Waals surface area contributed by atoms with Crippen LogP contribution < -0.4 is 5.32 Å². The van der Waals surface area contributed by atoms with Gasteiger partial charge in [-0.2, -0.15) is 0 Å². The third-order valence-electron chi connectivity index (χ3n) is 3.47. The van der Waals surface area contributed by atoms with Crippen molar-refractivity contribution >= 4 is 5.71 Å². The van der Waals surface area contributed by atoms with Gasteiger partial charge in [-0.05, 0) is 37.9 Å². The molecule has 15 heavy (non-hydrogen) atoms. The molecule has 1 heterocycles. The Morgan fingerprint density at radius 1 is 1.47 bits per heavy atom. The average Bonchev–Trinajstić information content (AvgIpc) is 2.58. The van der Waals surface area contributed by atoms with Crippen LogP contribution >= 0.6 is 0 Å². The smallest absolute Gasteiger partial charge is 0.0514 e. The van der Waals surface area contributed by atoms with Crippen molar-refractivity contribution in [2.45, 2.75) is 26.2 Å². The van der Waals surface area contributed by atoms with Crippen molar-refractivity contribution in [3.8, 4) is 0 Å². The minimum absolute atomic E-state index is 0.251. The second-order valence-corrected chi connectivity index (χ2v) is 4.38. The van der Waals surface area contributed by atoms with E-state index in [1.54, 1.807) is 0 Å². The van der Waals surface area contributed by atoms with Gasteiger partial charge in [-0.15, -0.1) is 0 Å². The normalized spacial score (nSPS) is 29.5. The maximum Gasteiger partial charge on any atom is 0.0514 e. The minimum atomic E-state index is 0.251. The van der Waals surface area contributed by atoms with E-state index in [4.69, 9.17) is 0 Å². The van der Waals surface area contributed by atoms with Crippen LogP contribution in [0, 0.1) is 5.41 Å². The summed E-state index contributed by atoms with van der Waals surface area (Å²) in [7, 11) is 1.93. The van der Waals surface area contributed by atoms with Crippen molar-refractivity contribution < 1.29 is 0 Å². The molecule has 1 N–H and O–H groups in total. The highest BCUT2D eigenvalue weighted by molar-refractivity contribution is 6.10. The van der Waals surface area contributed by atoms with Crippen LogP contribution in [-0.4, -0.2) is 25.8 Å². The largest absolute Gasteiger partial charge is 0.317 e. The van der Waals surface area contributed by atoms with E-state index in [-0.39, 0.29) is 5.41 Å². The molecule has 0 radical (unpaired) electrons. The molecule has 1 aliphatic heterocycles. The SMILES string of the molecule is CC/C=C1/C=CC2(CCNCC2)C1=NC.